The number of hydrogen-bond acceptors (Lipinski definition) is 3. The maximum absolute atomic E-state index is 5.08. The Kier molecular flexibility index (Phi) is 5.52. The maximum atomic E-state index is 5.08. The van der Waals surface area contributed by atoms with Crippen molar-refractivity contribution in [2.24, 2.45) is 9.98 Å². The third-order valence-electron chi connectivity index (χ3n) is 7.11. The second-order valence-electron chi connectivity index (χ2n) is 9.54. The maximum Gasteiger partial charge on any atom is 0.159 e. The molecule has 7 rings (SSSR count). The normalized spacial score (nSPS) is 15.1. The van der Waals surface area contributed by atoms with E-state index in [-0.39, 0.29) is 6.17 Å². The topological polar surface area (TPSA) is 36.8 Å². The lowest BCUT2D eigenvalue weighted by Gasteiger charge is -2.24. The minimum Gasteiger partial charge on any atom is -0.344 e. The smallest absolute Gasteiger partial charge is 0.159 e. The second kappa shape index (κ2) is 9.45. The highest BCUT2D eigenvalue weighted by molar-refractivity contribution is 6.16. The van der Waals surface area contributed by atoms with Crippen LogP contribution in [0.2, 0.25) is 0 Å². The molecule has 0 bridgehead atoms. The molecule has 180 valence electrons. The van der Waals surface area contributed by atoms with E-state index < -0.39 is 0 Å². The average Bonchev–Trinajstić information content (AvgIpc) is 3.01. The van der Waals surface area contributed by atoms with Gasteiger partial charge in [0.05, 0.1) is 0 Å². The number of amidine groups is 2. The van der Waals surface area contributed by atoms with Crippen molar-refractivity contribution >= 4 is 33.2 Å². The minimum atomic E-state index is -0.234. The van der Waals surface area contributed by atoms with Crippen molar-refractivity contribution in [3.8, 4) is 11.1 Å². The van der Waals surface area contributed by atoms with Gasteiger partial charge in [-0.15, -0.1) is 0 Å². The summed E-state index contributed by atoms with van der Waals surface area (Å²) in [5.74, 6) is 1.55. The summed E-state index contributed by atoms with van der Waals surface area (Å²) in [6, 6.07) is 48.7. The van der Waals surface area contributed by atoms with E-state index in [2.05, 4.69) is 133 Å². The molecule has 0 spiro atoms. The van der Waals surface area contributed by atoms with Crippen molar-refractivity contribution in [2.75, 3.05) is 0 Å². The predicted molar refractivity (Wildman–Crippen MR) is 159 cm³/mol. The zero-order chi connectivity index (χ0) is 25.3. The number of rotatable bonds is 4. The standard InChI is InChI=1S/C35H25N3/c1-3-10-24(11-4-1)28-15-9-16-29(22-28)34-36-33(27-13-5-2-6-14-27)37-35(38-34)30-21-20-26-19-18-25-12-7-8-17-31(25)32(26)23-30/h1-23,33H,(H,36,37,38). The Balaban J connectivity index is 1.36. The van der Waals surface area contributed by atoms with E-state index in [9.17, 15) is 0 Å². The van der Waals surface area contributed by atoms with Crippen LogP contribution in [0.3, 0.4) is 0 Å². The number of nitrogens with zero attached hydrogens (tertiary/aromatic N) is 2. The lowest BCUT2D eigenvalue weighted by molar-refractivity contribution is 0.674. The highest BCUT2D eigenvalue weighted by Crippen LogP contribution is 2.28. The Labute approximate surface area is 221 Å². The van der Waals surface area contributed by atoms with E-state index in [1.54, 1.807) is 0 Å². The van der Waals surface area contributed by atoms with E-state index in [0.29, 0.717) is 0 Å². The van der Waals surface area contributed by atoms with Gasteiger partial charge in [-0.2, -0.15) is 0 Å². The Morgan fingerprint density at radius 2 is 1.13 bits per heavy atom. The molecule has 1 N–H and O–H groups in total. The lowest BCUT2D eigenvalue weighted by Crippen LogP contribution is -2.33. The average molecular weight is 488 g/mol. The van der Waals surface area contributed by atoms with E-state index >= 15 is 0 Å². The van der Waals surface area contributed by atoms with Gasteiger partial charge in [-0.1, -0.05) is 127 Å². The molecule has 0 aromatic heterocycles. The molecule has 0 amide bonds. The van der Waals surface area contributed by atoms with Gasteiger partial charge >= 0.3 is 0 Å². The van der Waals surface area contributed by atoms with Gasteiger partial charge < -0.3 is 5.32 Å². The molecule has 0 fully saturated rings. The molecule has 6 aromatic carbocycles. The molecule has 0 saturated carbocycles. The molecule has 1 aliphatic rings. The van der Waals surface area contributed by atoms with Crippen LogP contribution in [0.25, 0.3) is 32.7 Å². The van der Waals surface area contributed by atoms with Gasteiger partial charge in [-0.05, 0) is 50.4 Å². The van der Waals surface area contributed by atoms with E-state index in [0.717, 1.165) is 33.9 Å². The number of benzene rings is 6. The van der Waals surface area contributed by atoms with Crippen molar-refractivity contribution in [2.45, 2.75) is 6.17 Å². The van der Waals surface area contributed by atoms with Crippen molar-refractivity contribution in [1.29, 1.82) is 0 Å². The van der Waals surface area contributed by atoms with Gasteiger partial charge in [0.2, 0.25) is 0 Å². The molecule has 0 saturated heterocycles. The fourth-order valence-corrected chi connectivity index (χ4v) is 5.15. The zero-order valence-corrected chi connectivity index (χ0v) is 20.8. The molecule has 3 heteroatoms. The summed E-state index contributed by atoms with van der Waals surface area (Å²) in [5.41, 5.74) is 5.46. The molecule has 0 radical (unpaired) electrons. The lowest BCUT2D eigenvalue weighted by atomic mass is 9.99. The third kappa shape index (κ3) is 4.14. The van der Waals surface area contributed by atoms with Crippen molar-refractivity contribution < 1.29 is 0 Å². The SMILES string of the molecule is c1ccc(-c2cccc(C3=NC(c4ccccc4)NC(c4ccc5ccc6ccccc6c5c4)=N3)c2)cc1. The van der Waals surface area contributed by atoms with Crippen molar-refractivity contribution in [3.63, 3.8) is 0 Å². The van der Waals surface area contributed by atoms with Crippen LogP contribution in [-0.4, -0.2) is 11.7 Å². The Bertz CT molecular complexity index is 1840. The van der Waals surface area contributed by atoms with Crippen LogP contribution < -0.4 is 5.32 Å². The van der Waals surface area contributed by atoms with Gasteiger partial charge in [-0.25, -0.2) is 9.98 Å². The van der Waals surface area contributed by atoms with Crippen LogP contribution in [0.5, 0.6) is 0 Å². The molecule has 0 aliphatic carbocycles. The van der Waals surface area contributed by atoms with Crippen LogP contribution in [0.1, 0.15) is 22.9 Å². The van der Waals surface area contributed by atoms with Gasteiger partial charge in [0, 0.05) is 11.1 Å². The number of fused-ring (bicyclic) bond motifs is 3. The molecule has 1 unspecified atom stereocenters. The van der Waals surface area contributed by atoms with Gasteiger partial charge in [0.15, 0.2) is 5.84 Å². The van der Waals surface area contributed by atoms with E-state index in [1.165, 1.54) is 27.1 Å². The van der Waals surface area contributed by atoms with E-state index in [4.69, 9.17) is 9.98 Å². The summed E-state index contributed by atoms with van der Waals surface area (Å²) in [6.07, 6.45) is -0.234. The Hall–Kier alpha value is -5.02. The first-order valence-corrected chi connectivity index (χ1v) is 12.9. The summed E-state index contributed by atoms with van der Waals surface area (Å²) in [6.45, 7) is 0. The van der Waals surface area contributed by atoms with Crippen molar-refractivity contribution in [3.05, 3.63) is 156 Å². The van der Waals surface area contributed by atoms with Crippen molar-refractivity contribution in [1.82, 2.24) is 5.32 Å². The molecule has 1 atom stereocenters. The minimum absolute atomic E-state index is 0.234. The predicted octanol–water partition coefficient (Wildman–Crippen LogP) is 8.16. The molecule has 1 aliphatic heterocycles. The summed E-state index contributed by atoms with van der Waals surface area (Å²) in [7, 11) is 0. The number of hydrogen-bond donors (Lipinski definition) is 1. The zero-order valence-electron chi connectivity index (χ0n) is 20.8. The van der Waals surface area contributed by atoms with Crippen LogP contribution in [0, 0.1) is 0 Å². The first-order chi connectivity index (χ1) is 18.8. The highest BCUT2D eigenvalue weighted by Gasteiger charge is 2.21. The van der Waals surface area contributed by atoms with Gasteiger partial charge in [0.1, 0.15) is 12.0 Å². The highest BCUT2D eigenvalue weighted by atomic mass is 15.2. The molecule has 38 heavy (non-hydrogen) atoms. The monoisotopic (exact) mass is 487 g/mol. The summed E-state index contributed by atoms with van der Waals surface area (Å²) in [4.78, 5) is 10.1. The summed E-state index contributed by atoms with van der Waals surface area (Å²) in [5, 5.41) is 8.52. The second-order valence-corrected chi connectivity index (χ2v) is 9.54. The Morgan fingerprint density at radius 1 is 0.474 bits per heavy atom. The molecule has 1 heterocycles. The third-order valence-corrected chi connectivity index (χ3v) is 7.11. The summed E-state index contributed by atoms with van der Waals surface area (Å²) < 4.78 is 0. The largest absolute Gasteiger partial charge is 0.344 e. The van der Waals surface area contributed by atoms with Crippen LogP contribution in [0.4, 0.5) is 0 Å². The van der Waals surface area contributed by atoms with Crippen LogP contribution >= 0.6 is 0 Å². The fraction of sp³-hybridized carbons (Fsp3) is 0.0286. The Morgan fingerprint density at radius 3 is 1.97 bits per heavy atom. The number of nitrogens with one attached hydrogen (secondary N) is 1. The molecule has 3 nitrogen and oxygen atoms in total. The quantitative estimate of drug-likeness (QED) is 0.250. The summed E-state index contributed by atoms with van der Waals surface area (Å²) >= 11 is 0. The van der Waals surface area contributed by atoms with Gasteiger partial charge in [0.25, 0.3) is 0 Å². The molecule has 6 aromatic rings. The van der Waals surface area contributed by atoms with E-state index in [1.807, 2.05) is 12.1 Å². The molecular weight excluding hydrogens is 462 g/mol. The fourth-order valence-electron chi connectivity index (χ4n) is 5.15. The molecular formula is C35H25N3. The van der Waals surface area contributed by atoms with Crippen LogP contribution in [-0.2, 0) is 0 Å². The van der Waals surface area contributed by atoms with Gasteiger partial charge in [-0.3, -0.25) is 0 Å². The first kappa shape index (κ1) is 22.2. The van der Waals surface area contributed by atoms with Crippen LogP contribution in [0.15, 0.2) is 150 Å². The first-order valence-electron chi connectivity index (χ1n) is 12.9. The number of aliphatic imine (C=N–C) groups is 2.